The summed E-state index contributed by atoms with van der Waals surface area (Å²) in [7, 11) is 0. The van der Waals surface area contributed by atoms with E-state index in [1.165, 1.54) is 5.56 Å². The predicted molar refractivity (Wildman–Crippen MR) is 97.3 cm³/mol. The van der Waals surface area contributed by atoms with Gasteiger partial charge >= 0.3 is 0 Å². The number of amides is 1. The fraction of sp³-hybridized carbons (Fsp3) is 0.316. The van der Waals surface area contributed by atoms with E-state index in [0.29, 0.717) is 15.6 Å². The van der Waals surface area contributed by atoms with Crippen molar-refractivity contribution in [2.24, 2.45) is 5.92 Å². The van der Waals surface area contributed by atoms with E-state index in [1.807, 2.05) is 0 Å². The van der Waals surface area contributed by atoms with Gasteiger partial charge in [0.25, 0.3) is 5.91 Å². The zero-order chi connectivity index (χ0) is 17.0. The molecule has 0 aromatic heterocycles. The normalized spacial score (nSPS) is 12.3. The summed E-state index contributed by atoms with van der Waals surface area (Å²) in [6.07, 6.45) is 1.00. The Bertz CT molecular complexity index is 680. The smallest absolute Gasteiger partial charge is 0.251 e. The van der Waals surface area contributed by atoms with E-state index in [0.717, 1.165) is 12.0 Å². The van der Waals surface area contributed by atoms with Crippen molar-refractivity contribution in [2.75, 3.05) is 0 Å². The van der Waals surface area contributed by atoms with Gasteiger partial charge < -0.3 is 5.32 Å². The Kier molecular flexibility index (Phi) is 6.09. The van der Waals surface area contributed by atoms with Gasteiger partial charge in [0.1, 0.15) is 0 Å². The minimum absolute atomic E-state index is 0.0529. The van der Waals surface area contributed by atoms with Gasteiger partial charge in [0, 0.05) is 5.56 Å². The van der Waals surface area contributed by atoms with Crippen molar-refractivity contribution < 1.29 is 4.79 Å². The molecule has 1 amide bonds. The van der Waals surface area contributed by atoms with Crippen LogP contribution in [0.1, 0.15) is 48.3 Å². The van der Waals surface area contributed by atoms with Crippen LogP contribution in [0.5, 0.6) is 0 Å². The maximum absolute atomic E-state index is 12.5. The molecule has 0 radical (unpaired) electrons. The molecule has 0 aliphatic rings. The van der Waals surface area contributed by atoms with Crippen molar-refractivity contribution in [2.45, 2.75) is 33.2 Å². The SMILES string of the molecule is CCc1ccc([C@H](NC(=O)c2ccc(Cl)c(Cl)c2)C(C)C)cc1. The molecule has 2 nitrogen and oxygen atoms in total. The Hall–Kier alpha value is -1.51. The van der Waals surface area contributed by atoms with E-state index < -0.39 is 0 Å². The molecule has 0 aliphatic carbocycles. The minimum Gasteiger partial charge on any atom is -0.345 e. The van der Waals surface area contributed by atoms with E-state index in [1.54, 1.807) is 18.2 Å². The Balaban J connectivity index is 2.21. The summed E-state index contributed by atoms with van der Waals surface area (Å²) in [5, 5.41) is 3.92. The van der Waals surface area contributed by atoms with Gasteiger partial charge in [-0.3, -0.25) is 4.79 Å². The van der Waals surface area contributed by atoms with Crippen molar-refractivity contribution >= 4 is 29.1 Å². The van der Waals surface area contributed by atoms with Crippen molar-refractivity contribution in [3.8, 4) is 0 Å². The molecule has 122 valence electrons. The van der Waals surface area contributed by atoms with Crippen LogP contribution in [0.2, 0.25) is 10.0 Å². The van der Waals surface area contributed by atoms with E-state index in [9.17, 15) is 4.79 Å². The molecule has 0 spiro atoms. The summed E-state index contributed by atoms with van der Waals surface area (Å²) >= 11 is 11.9. The van der Waals surface area contributed by atoms with E-state index in [-0.39, 0.29) is 17.9 Å². The van der Waals surface area contributed by atoms with Crippen LogP contribution < -0.4 is 5.32 Å². The number of halogens is 2. The first-order valence-corrected chi connectivity index (χ1v) is 8.52. The number of hydrogen-bond acceptors (Lipinski definition) is 1. The molecule has 0 aliphatic heterocycles. The largest absolute Gasteiger partial charge is 0.345 e. The van der Waals surface area contributed by atoms with Gasteiger partial charge in [0.2, 0.25) is 0 Å². The lowest BCUT2D eigenvalue weighted by Crippen LogP contribution is -2.31. The van der Waals surface area contributed by atoms with Gasteiger partial charge in [-0.2, -0.15) is 0 Å². The van der Waals surface area contributed by atoms with Crippen LogP contribution in [-0.4, -0.2) is 5.91 Å². The molecule has 0 heterocycles. The minimum atomic E-state index is -0.151. The predicted octanol–water partition coefficient (Wildman–Crippen LogP) is 5.68. The second kappa shape index (κ2) is 7.85. The lowest BCUT2D eigenvalue weighted by Gasteiger charge is -2.23. The molecule has 1 atom stereocenters. The zero-order valence-electron chi connectivity index (χ0n) is 13.6. The summed E-state index contributed by atoms with van der Waals surface area (Å²) in [5.74, 6) is 0.121. The van der Waals surface area contributed by atoms with Crippen LogP contribution in [0.3, 0.4) is 0 Å². The molecule has 23 heavy (non-hydrogen) atoms. The number of carbonyl (C=O) groups excluding carboxylic acids is 1. The first-order chi connectivity index (χ1) is 10.9. The number of carbonyl (C=O) groups is 1. The molecular formula is C19H21Cl2NO. The molecule has 0 bridgehead atoms. The average molecular weight is 350 g/mol. The van der Waals surface area contributed by atoms with Gasteiger partial charge in [0.15, 0.2) is 0 Å². The first-order valence-electron chi connectivity index (χ1n) is 7.77. The third-order valence-corrected chi connectivity index (χ3v) is 4.62. The summed E-state index contributed by atoms with van der Waals surface area (Å²) < 4.78 is 0. The third kappa shape index (κ3) is 4.49. The second-order valence-corrected chi connectivity index (χ2v) is 6.73. The Morgan fingerprint density at radius 1 is 1.04 bits per heavy atom. The standard InChI is InChI=1S/C19H21Cl2NO/c1-4-13-5-7-14(8-6-13)18(12(2)3)22-19(23)15-9-10-16(20)17(21)11-15/h5-12,18H,4H2,1-3H3,(H,22,23)/t18-/m1/s1. The number of nitrogens with one attached hydrogen (secondary N) is 1. The van der Waals surface area contributed by atoms with Gasteiger partial charge in [0.05, 0.1) is 16.1 Å². The van der Waals surface area contributed by atoms with Crippen LogP contribution >= 0.6 is 23.2 Å². The Morgan fingerprint density at radius 3 is 2.22 bits per heavy atom. The van der Waals surface area contributed by atoms with Crippen LogP contribution in [0.4, 0.5) is 0 Å². The molecule has 4 heteroatoms. The van der Waals surface area contributed by atoms with E-state index in [2.05, 4.69) is 50.4 Å². The molecule has 0 unspecified atom stereocenters. The lowest BCUT2D eigenvalue weighted by atomic mass is 9.94. The van der Waals surface area contributed by atoms with Crippen molar-refractivity contribution in [1.29, 1.82) is 0 Å². The zero-order valence-corrected chi connectivity index (χ0v) is 15.1. The summed E-state index contributed by atoms with van der Waals surface area (Å²) in [4.78, 5) is 12.5. The fourth-order valence-electron chi connectivity index (χ4n) is 2.46. The van der Waals surface area contributed by atoms with Gasteiger partial charge in [-0.15, -0.1) is 0 Å². The van der Waals surface area contributed by atoms with Gasteiger partial charge in [-0.1, -0.05) is 68.2 Å². The molecule has 2 rings (SSSR count). The maximum Gasteiger partial charge on any atom is 0.251 e. The molecule has 0 saturated heterocycles. The summed E-state index contributed by atoms with van der Waals surface area (Å²) in [5.41, 5.74) is 2.90. The van der Waals surface area contributed by atoms with Gasteiger partial charge in [-0.25, -0.2) is 0 Å². The number of hydrogen-bond donors (Lipinski definition) is 1. The summed E-state index contributed by atoms with van der Waals surface area (Å²) in [6.45, 7) is 6.31. The number of rotatable bonds is 5. The molecule has 2 aromatic rings. The van der Waals surface area contributed by atoms with E-state index >= 15 is 0 Å². The van der Waals surface area contributed by atoms with Crippen LogP contribution in [-0.2, 0) is 6.42 Å². The molecule has 0 fully saturated rings. The highest BCUT2D eigenvalue weighted by atomic mass is 35.5. The molecule has 0 saturated carbocycles. The van der Waals surface area contributed by atoms with Crippen LogP contribution in [0.25, 0.3) is 0 Å². The van der Waals surface area contributed by atoms with Crippen molar-refractivity contribution in [3.05, 3.63) is 69.2 Å². The number of aryl methyl sites for hydroxylation is 1. The number of benzene rings is 2. The Labute approximate surface area is 147 Å². The van der Waals surface area contributed by atoms with Gasteiger partial charge in [-0.05, 0) is 41.7 Å². The Morgan fingerprint density at radius 2 is 1.70 bits per heavy atom. The first kappa shape index (κ1) is 17.8. The average Bonchev–Trinajstić information content (AvgIpc) is 2.54. The highest BCUT2D eigenvalue weighted by Crippen LogP contribution is 2.25. The second-order valence-electron chi connectivity index (χ2n) is 5.92. The van der Waals surface area contributed by atoms with Crippen molar-refractivity contribution in [3.63, 3.8) is 0 Å². The fourth-order valence-corrected chi connectivity index (χ4v) is 2.76. The maximum atomic E-state index is 12.5. The van der Waals surface area contributed by atoms with E-state index in [4.69, 9.17) is 23.2 Å². The molecule has 1 N–H and O–H groups in total. The summed E-state index contributed by atoms with van der Waals surface area (Å²) in [6, 6.07) is 13.2. The van der Waals surface area contributed by atoms with Crippen LogP contribution in [0, 0.1) is 5.92 Å². The monoisotopic (exact) mass is 349 g/mol. The highest BCUT2D eigenvalue weighted by molar-refractivity contribution is 6.42. The third-order valence-electron chi connectivity index (χ3n) is 3.88. The molecular weight excluding hydrogens is 329 g/mol. The highest BCUT2D eigenvalue weighted by Gasteiger charge is 2.19. The topological polar surface area (TPSA) is 29.1 Å². The lowest BCUT2D eigenvalue weighted by molar-refractivity contribution is 0.0925. The van der Waals surface area contributed by atoms with Crippen molar-refractivity contribution in [1.82, 2.24) is 5.32 Å². The molecule has 2 aromatic carbocycles. The quantitative estimate of drug-likeness (QED) is 0.738. The van der Waals surface area contributed by atoms with Crippen LogP contribution in [0.15, 0.2) is 42.5 Å².